The van der Waals surface area contributed by atoms with Crippen LogP contribution in [0, 0.1) is 0 Å². The molecule has 0 bridgehead atoms. The molecule has 1 aromatic rings. The first-order chi connectivity index (χ1) is 9.56. The van der Waals surface area contributed by atoms with Crippen molar-refractivity contribution in [2.75, 3.05) is 20.1 Å². The summed E-state index contributed by atoms with van der Waals surface area (Å²) in [6.07, 6.45) is 2.28. The van der Waals surface area contributed by atoms with E-state index in [1.165, 1.54) is 0 Å². The van der Waals surface area contributed by atoms with Crippen molar-refractivity contribution in [3.63, 3.8) is 0 Å². The Kier molecular flexibility index (Phi) is 5.31. The van der Waals surface area contributed by atoms with Gasteiger partial charge in [0.15, 0.2) is 0 Å². The predicted octanol–water partition coefficient (Wildman–Crippen LogP) is 3.03. The average Bonchev–Trinajstić information content (AvgIpc) is 2.38. The molecule has 1 heterocycles. The van der Waals surface area contributed by atoms with Gasteiger partial charge < -0.3 is 15.0 Å². The lowest BCUT2D eigenvalue weighted by Gasteiger charge is -2.32. The van der Waals surface area contributed by atoms with Crippen LogP contribution in [0.3, 0.4) is 0 Å². The van der Waals surface area contributed by atoms with Crippen LogP contribution in [-0.4, -0.2) is 37.7 Å². The van der Waals surface area contributed by atoms with Crippen molar-refractivity contribution >= 4 is 0 Å². The van der Waals surface area contributed by atoms with Crippen molar-refractivity contribution in [1.29, 1.82) is 0 Å². The van der Waals surface area contributed by atoms with Crippen LogP contribution in [0.15, 0.2) is 24.3 Å². The number of nitrogens with zero attached hydrogens (tertiary/aromatic N) is 1. The standard InChI is InChI=1S/C15H22F2N2O/c1-11(18-12-6-5-9-19(2)10-12)13-7-3-4-8-14(13)20-15(16)17/h3-4,7-8,11-12,15,18H,5-6,9-10H2,1-2H3. The van der Waals surface area contributed by atoms with Gasteiger partial charge in [0, 0.05) is 24.2 Å². The van der Waals surface area contributed by atoms with Gasteiger partial charge in [0.1, 0.15) is 5.75 Å². The van der Waals surface area contributed by atoms with Gasteiger partial charge in [-0.25, -0.2) is 0 Å². The first kappa shape index (κ1) is 15.2. The number of halogens is 2. The number of likely N-dealkylation sites (N-methyl/N-ethyl adjacent to an activating group) is 1. The van der Waals surface area contributed by atoms with E-state index in [-0.39, 0.29) is 11.8 Å². The SMILES string of the molecule is CC(NC1CCCN(C)C1)c1ccccc1OC(F)F. The molecule has 1 aromatic carbocycles. The van der Waals surface area contributed by atoms with Crippen LogP contribution in [0.5, 0.6) is 5.75 Å². The molecule has 0 spiro atoms. The van der Waals surface area contributed by atoms with Crippen molar-refractivity contribution in [3.8, 4) is 5.75 Å². The van der Waals surface area contributed by atoms with Crippen molar-refractivity contribution in [1.82, 2.24) is 10.2 Å². The van der Waals surface area contributed by atoms with E-state index in [0.29, 0.717) is 6.04 Å². The molecule has 112 valence electrons. The smallest absolute Gasteiger partial charge is 0.387 e. The third-order valence-electron chi connectivity index (χ3n) is 3.71. The van der Waals surface area contributed by atoms with Gasteiger partial charge in [-0.3, -0.25) is 0 Å². The second kappa shape index (κ2) is 6.99. The zero-order valence-electron chi connectivity index (χ0n) is 12.0. The number of para-hydroxylation sites is 1. The lowest BCUT2D eigenvalue weighted by Crippen LogP contribution is -2.44. The Morgan fingerprint density at radius 1 is 1.35 bits per heavy atom. The molecule has 0 aliphatic carbocycles. The minimum absolute atomic E-state index is 0.0125. The Labute approximate surface area is 118 Å². The van der Waals surface area contributed by atoms with Gasteiger partial charge in [-0.05, 0) is 39.4 Å². The van der Waals surface area contributed by atoms with Gasteiger partial charge in [-0.2, -0.15) is 8.78 Å². The Morgan fingerprint density at radius 2 is 2.10 bits per heavy atom. The van der Waals surface area contributed by atoms with Gasteiger partial charge in [0.05, 0.1) is 0 Å². The Balaban J connectivity index is 2.02. The van der Waals surface area contributed by atoms with E-state index in [9.17, 15) is 8.78 Å². The number of hydrogen-bond acceptors (Lipinski definition) is 3. The maximum absolute atomic E-state index is 12.4. The lowest BCUT2D eigenvalue weighted by molar-refractivity contribution is -0.0507. The molecule has 0 aromatic heterocycles. The molecular weight excluding hydrogens is 262 g/mol. The first-order valence-electron chi connectivity index (χ1n) is 7.04. The molecule has 1 aliphatic rings. The summed E-state index contributed by atoms with van der Waals surface area (Å²) in [5.74, 6) is 0.256. The molecule has 0 amide bonds. The van der Waals surface area contributed by atoms with Crippen LogP contribution in [0.4, 0.5) is 8.78 Å². The molecule has 1 saturated heterocycles. The summed E-state index contributed by atoms with van der Waals surface area (Å²) in [7, 11) is 2.10. The molecular formula is C15H22F2N2O. The number of ether oxygens (including phenoxy) is 1. The van der Waals surface area contributed by atoms with E-state index in [2.05, 4.69) is 22.0 Å². The molecule has 1 fully saturated rings. The van der Waals surface area contributed by atoms with E-state index < -0.39 is 6.61 Å². The van der Waals surface area contributed by atoms with Gasteiger partial charge >= 0.3 is 6.61 Å². The fraction of sp³-hybridized carbons (Fsp3) is 0.600. The van der Waals surface area contributed by atoms with Gasteiger partial charge in [-0.15, -0.1) is 0 Å². The third kappa shape index (κ3) is 4.15. The van der Waals surface area contributed by atoms with Gasteiger partial charge in [0.25, 0.3) is 0 Å². The Bertz CT molecular complexity index is 428. The van der Waals surface area contributed by atoms with Crippen LogP contribution in [-0.2, 0) is 0 Å². The maximum Gasteiger partial charge on any atom is 0.387 e. The Hall–Kier alpha value is -1.20. The van der Waals surface area contributed by atoms with E-state index in [1.54, 1.807) is 12.1 Å². The highest BCUT2D eigenvalue weighted by Gasteiger charge is 2.21. The van der Waals surface area contributed by atoms with Crippen LogP contribution in [0.1, 0.15) is 31.4 Å². The van der Waals surface area contributed by atoms with Crippen LogP contribution in [0.25, 0.3) is 0 Å². The number of nitrogens with one attached hydrogen (secondary N) is 1. The molecule has 5 heteroatoms. The van der Waals surface area contributed by atoms with E-state index in [4.69, 9.17) is 0 Å². The largest absolute Gasteiger partial charge is 0.434 e. The summed E-state index contributed by atoms with van der Waals surface area (Å²) >= 11 is 0. The minimum Gasteiger partial charge on any atom is -0.434 e. The number of alkyl halides is 2. The van der Waals surface area contributed by atoms with Crippen molar-refractivity contribution in [2.45, 2.75) is 38.5 Å². The number of piperidine rings is 1. The minimum atomic E-state index is -2.79. The molecule has 0 saturated carbocycles. The van der Waals surface area contributed by atoms with Crippen molar-refractivity contribution < 1.29 is 13.5 Å². The summed E-state index contributed by atoms with van der Waals surface area (Å²) < 4.78 is 29.4. The molecule has 2 rings (SSSR count). The zero-order chi connectivity index (χ0) is 14.5. The van der Waals surface area contributed by atoms with Crippen LogP contribution in [0.2, 0.25) is 0 Å². The molecule has 2 atom stereocenters. The summed E-state index contributed by atoms with van der Waals surface area (Å²) in [5.41, 5.74) is 0.779. The fourth-order valence-electron chi connectivity index (χ4n) is 2.79. The molecule has 1 N–H and O–H groups in total. The van der Waals surface area contributed by atoms with Crippen LogP contribution < -0.4 is 10.1 Å². The van der Waals surface area contributed by atoms with E-state index in [0.717, 1.165) is 31.5 Å². The van der Waals surface area contributed by atoms with E-state index >= 15 is 0 Å². The molecule has 2 unspecified atom stereocenters. The molecule has 20 heavy (non-hydrogen) atoms. The summed E-state index contributed by atoms with van der Waals surface area (Å²) in [4.78, 5) is 2.29. The highest BCUT2D eigenvalue weighted by molar-refractivity contribution is 5.35. The molecule has 0 radical (unpaired) electrons. The topological polar surface area (TPSA) is 24.5 Å². The fourth-order valence-corrected chi connectivity index (χ4v) is 2.79. The predicted molar refractivity (Wildman–Crippen MR) is 75.1 cm³/mol. The highest BCUT2D eigenvalue weighted by Crippen LogP contribution is 2.27. The number of rotatable bonds is 5. The number of benzene rings is 1. The summed E-state index contributed by atoms with van der Waals surface area (Å²) in [6, 6.07) is 7.36. The normalized spacial score (nSPS) is 21.9. The average molecular weight is 284 g/mol. The van der Waals surface area contributed by atoms with E-state index in [1.807, 2.05) is 19.1 Å². The summed E-state index contributed by atoms with van der Waals surface area (Å²) in [5, 5.41) is 3.51. The van der Waals surface area contributed by atoms with Gasteiger partial charge in [0.2, 0.25) is 0 Å². The Morgan fingerprint density at radius 3 is 2.80 bits per heavy atom. The second-order valence-corrected chi connectivity index (χ2v) is 5.41. The quantitative estimate of drug-likeness (QED) is 0.899. The monoisotopic (exact) mass is 284 g/mol. The lowest BCUT2D eigenvalue weighted by atomic mass is 10.0. The second-order valence-electron chi connectivity index (χ2n) is 5.41. The summed E-state index contributed by atoms with van der Waals surface area (Å²) in [6.45, 7) is 1.31. The zero-order valence-corrected chi connectivity index (χ0v) is 12.0. The third-order valence-corrected chi connectivity index (χ3v) is 3.71. The number of hydrogen-bond donors (Lipinski definition) is 1. The number of likely N-dealkylation sites (tertiary alicyclic amines) is 1. The van der Waals surface area contributed by atoms with Crippen LogP contribution >= 0.6 is 0 Å². The molecule has 1 aliphatic heterocycles. The first-order valence-corrected chi connectivity index (χ1v) is 7.04. The van der Waals surface area contributed by atoms with Crippen molar-refractivity contribution in [2.24, 2.45) is 0 Å². The van der Waals surface area contributed by atoms with Crippen molar-refractivity contribution in [3.05, 3.63) is 29.8 Å². The van der Waals surface area contributed by atoms with Gasteiger partial charge in [-0.1, -0.05) is 18.2 Å². The highest BCUT2D eigenvalue weighted by atomic mass is 19.3. The maximum atomic E-state index is 12.4. The molecule has 3 nitrogen and oxygen atoms in total.